The molecule has 0 aromatic heterocycles. The summed E-state index contributed by atoms with van der Waals surface area (Å²) in [5.74, 6) is -0.140. The Bertz CT molecular complexity index is 931. The summed E-state index contributed by atoms with van der Waals surface area (Å²) in [6, 6.07) is -0.649. The Hall–Kier alpha value is -1.92. The molecule has 57 heavy (non-hydrogen) atoms. The van der Waals surface area contributed by atoms with Crippen LogP contribution in [0.25, 0.3) is 0 Å². The molecule has 3 N–H and O–H groups in total. The van der Waals surface area contributed by atoms with Crippen LogP contribution in [0.5, 0.6) is 0 Å². The number of carbonyl (C=O) groups excluding carboxylic acids is 2. The zero-order valence-electron chi connectivity index (χ0n) is 37.8. The molecule has 334 valence electrons. The van der Waals surface area contributed by atoms with Crippen LogP contribution >= 0.6 is 0 Å². The van der Waals surface area contributed by atoms with Gasteiger partial charge in [-0.05, 0) is 83.5 Å². The van der Waals surface area contributed by atoms with Crippen molar-refractivity contribution < 1.29 is 24.5 Å². The van der Waals surface area contributed by atoms with E-state index in [1.54, 1.807) is 6.08 Å². The number of carbonyl (C=O) groups is 2. The predicted octanol–water partition coefficient (Wildman–Crippen LogP) is 14.5. The second-order valence-corrected chi connectivity index (χ2v) is 16.8. The first-order valence-corrected chi connectivity index (χ1v) is 24.8. The molecular formula is C51H95NO5. The molecule has 0 aliphatic rings. The van der Waals surface area contributed by atoms with Gasteiger partial charge in [0.1, 0.15) is 0 Å². The van der Waals surface area contributed by atoms with E-state index in [4.69, 9.17) is 4.74 Å². The summed E-state index contributed by atoms with van der Waals surface area (Å²) < 4.78 is 5.43. The predicted molar refractivity (Wildman–Crippen MR) is 246 cm³/mol. The Balaban J connectivity index is 3.57. The van der Waals surface area contributed by atoms with Gasteiger partial charge in [-0.3, -0.25) is 9.59 Å². The molecule has 2 unspecified atom stereocenters. The number of hydrogen-bond acceptors (Lipinski definition) is 5. The number of rotatable bonds is 45. The molecular weight excluding hydrogens is 707 g/mol. The first-order chi connectivity index (χ1) is 28.0. The lowest BCUT2D eigenvalue weighted by molar-refractivity contribution is -0.143. The maximum atomic E-state index is 12.4. The summed E-state index contributed by atoms with van der Waals surface area (Å²) in [7, 11) is 0. The maximum absolute atomic E-state index is 12.4. The Kier molecular flexibility index (Phi) is 45.2. The highest BCUT2D eigenvalue weighted by Gasteiger charge is 2.18. The number of aliphatic hydroxyl groups is 2. The highest BCUT2D eigenvalue weighted by Crippen LogP contribution is 2.14. The second-order valence-electron chi connectivity index (χ2n) is 16.8. The van der Waals surface area contributed by atoms with Gasteiger partial charge in [-0.1, -0.05) is 192 Å². The Labute approximate surface area is 353 Å². The summed E-state index contributed by atoms with van der Waals surface area (Å²) >= 11 is 0. The number of esters is 1. The number of amides is 1. The van der Waals surface area contributed by atoms with E-state index in [-0.39, 0.29) is 18.5 Å². The van der Waals surface area contributed by atoms with Crippen molar-refractivity contribution in [3.05, 3.63) is 36.5 Å². The minimum absolute atomic E-state index is 0.0417. The van der Waals surface area contributed by atoms with Crippen LogP contribution in [0, 0.1) is 0 Å². The van der Waals surface area contributed by atoms with Crippen LogP contribution in [-0.4, -0.2) is 47.4 Å². The van der Waals surface area contributed by atoms with E-state index in [1.807, 2.05) is 6.08 Å². The molecule has 0 aromatic carbocycles. The van der Waals surface area contributed by atoms with Gasteiger partial charge in [-0.25, -0.2) is 0 Å². The van der Waals surface area contributed by atoms with Crippen LogP contribution in [0.3, 0.4) is 0 Å². The van der Waals surface area contributed by atoms with E-state index in [1.165, 1.54) is 141 Å². The molecule has 0 fully saturated rings. The lowest BCUT2D eigenvalue weighted by Gasteiger charge is -2.20. The van der Waals surface area contributed by atoms with E-state index in [2.05, 4.69) is 43.5 Å². The first kappa shape index (κ1) is 55.1. The van der Waals surface area contributed by atoms with E-state index in [0.29, 0.717) is 19.4 Å². The Morgan fingerprint density at radius 2 is 0.825 bits per heavy atom. The Morgan fingerprint density at radius 1 is 0.474 bits per heavy atom. The van der Waals surface area contributed by atoms with Gasteiger partial charge < -0.3 is 20.3 Å². The van der Waals surface area contributed by atoms with Crippen molar-refractivity contribution in [2.45, 2.75) is 264 Å². The van der Waals surface area contributed by atoms with Crippen molar-refractivity contribution in [3.63, 3.8) is 0 Å². The average Bonchev–Trinajstić information content (AvgIpc) is 3.21. The van der Waals surface area contributed by atoms with Gasteiger partial charge in [-0.2, -0.15) is 0 Å². The summed E-state index contributed by atoms with van der Waals surface area (Å²) in [6.45, 7) is 4.80. The largest absolute Gasteiger partial charge is 0.466 e. The number of aliphatic hydroxyl groups excluding tert-OH is 2. The van der Waals surface area contributed by atoms with Gasteiger partial charge in [0.25, 0.3) is 0 Å². The van der Waals surface area contributed by atoms with Gasteiger partial charge >= 0.3 is 5.97 Å². The number of ether oxygens (including phenoxy) is 1. The molecule has 2 atom stereocenters. The van der Waals surface area contributed by atoms with Gasteiger partial charge in [0.2, 0.25) is 5.91 Å². The fourth-order valence-corrected chi connectivity index (χ4v) is 7.27. The molecule has 0 aromatic rings. The molecule has 0 saturated heterocycles. The minimum Gasteiger partial charge on any atom is -0.466 e. The third-order valence-electron chi connectivity index (χ3n) is 11.1. The molecule has 0 bridgehead atoms. The SMILES string of the molecule is CCCCCCCC/C=C\CCCCCCCC(=O)OCCCC/C=C\CCCCCCCC(=O)NC(CO)C(O)/C=C/CCCCCCCCCCCCCC. The lowest BCUT2D eigenvalue weighted by atomic mass is 10.0. The van der Waals surface area contributed by atoms with Crippen LogP contribution in [-0.2, 0) is 14.3 Å². The zero-order valence-corrected chi connectivity index (χ0v) is 37.8. The third-order valence-corrected chi connectivity index (χ3v) is 11.1. The van der Waals surface area contributed by atoms with Gasteiger partial charge in [0.05, 0.1) is 25.4 Å². The normalized spacial score (nSPS) is 13.0. The lowest BCUT2D eigenvalue weighted by Crippen LogP contribution is -2.45. The molecule has 0 radical (unpaired) electrons. The molecule has 1 amide bonds. The maximum Gasteiger partial charge on any atom is 0.305 e. The molecule has 0 heterocycles. The van der Waals surface area contributed by atoms with Crippen molar-refractivity contribution in [1.29, 1.82) is 0 Å². The molecule has 0 rings (SSSR count). The average molecular weight is 802 g/mol. The highest BCUT2D eigenvalue weighted by atomic mass is 16.5. The van der Waals surface area contributed by atoms with E-state index in [9.17, 15) is 19.8 Å². The summed E-state index contributed by atoms with van der Waals surface area (Å²) in [6.07, 6.45) is 55.7. The molecule has 6 heteroatoms. The fraction of sp³-hybridized carbons (Fsp3) is 0.843. The van der Waals surface area contributed by atoms with Crippen molar-refractivity contribution in [3.8, 4) is 0 Å². The summed E-state index contributed by atoms with van der Waals surface area (Å²) in [5, 5.41) is 23.0. The molecule has 0 spiro atoms. The smallest absolute Gasteiger partial charge is 0.305 e. The summed E-state index contributed by atoms with van der Waals surface area (Å²) in [4.78, 5) is 24.4. The van der Waals surface area contributed by atoms with Gasteiger partial charge in [0, 0.05) is 12.8 Å². The van der Waals surface area contributed by atoms with Crippen molar-refractivity contribution in [1.82, 2.24) is 5.32 Å². The molecule has 0 aliphatic heterocycles. The van der Waals surface area contributed by atoms with Gasteiger partial charge in [-0.15, -0.1) is 0 Å². The number of unbranched alkanes of at least 4 members (excludes halogenated alkanes) is 30. The van der Waals surface area contributed by atoms with Crippen molar-refractivity contribution in [2.24, 2.45) is 0 Å². The fourth-order valence-electron chi connectivity index (χ4n) is 7.27. The quantitative estimate of drug-likeness (QED) is 0.0324. The first-order valence-electron chi connectivity index (χ1n) is 24.8. The zero-order chi connectivity index (χ0) is 41.5. The van der Waals surface area contributed by atoms with E-state index >= 15 is 0 Å². The van der Waals surface area contributed by atoms with E-state index < -0.39 is 12.1 Å². The van der Waals surface area contributed by atoms with Crippen molar-refractivity contribution >= 4 is 11.9 Å². The van der Waals surface area contributed by atoms with E-state index in [0.717, 1.165) is 83.5 Å². The monoisotopic (exact) mass is 802 g/mol. The number of allylic oxidation sites excluding steroid dienone is 5. The van der Waals surface area contributed by atoms with Crippen LogP contribution < -0.4 is 5.32 Å². The molecule has 0 aliphatic carbocycles. The minimum atomic E-state index is -0.862. The van der Waals surface area contributed by atoms with Crippen LogP contribution in [0.15, 0.2) is 36.5 Å². The highest BCUT2D eigenvalue weighted by molar-refractivity contribution is 5.76. The van der Waals surface area contributed by atoms with Crippen LogP contribution in [0.2, 0.25) is 0 Å². The standard InChI is InChI=1S/C51H95NO5/c1-3-5-7-9-11-13-15-17-19-21-25-29-33-37-41-45-51(56)57-46-42-38-34-30-26-22-24-28-32-36-40-44-50(55)52-48(47-53)49(54)43-39-35-31-27-23-20-18-16-14-12-10-8-6-4-2/h17,19,26,30,39,43,48-49,53-54H,3-16,18,20-25,27-29,31-38,40-42,44-47H2,1-2H3,(H,52,55)/b19-17-,30-26-,43-39+. The molecule has 6 nitrogen and oxygen atoms in total. The second kappa shape index (κ2) is 46.8. The Morgan fingerprint density at radius 3 is 1.25 bits per heavy atom. The van der Waals surface area contributed by atoms with Gasteiger partial charge in [0.15, 0.2) is 0 Å². The molecule has 0 saturated carbocycles. The number of nitrogens with one attached hydrogen (secondary N) is 1. The van der Waals surface area contributed by atoms with Crippen LogP contribution in [0.1, 0.15) is 251 Å². The van der Waals surface area contributed by atoms with Crippen LogP contribution in [0.4, 0.5) is 0 Å². The third kappa shape index (κ3) is 43.5. The number of hydrogen-bond donors (Lipinski definition) is 3. The van der Waals surface area contributed by atoms with Crippen molar-refractivity contribution in [2.75, 3.05) is 13.2 Å². The summed E-state index contributed by atoms with van der Waals surface area (Å²) in [5.41, 5.74) is 0. The topological polar surface area (TPSA) is 95.9 Å².